The van der Waals surface area contributed by atoms with Crippen LogP contribution in [0.15, 0.2) is 30.5 Å². The monoisotopic (exact) mass is 508 g/mol. The fourth-order valence-electron chi connectivity index (χ4n) is 5.82. The molecule has 1 aliphatic carbocycles. The normalized spacial score (nSPS) is 25.9. The Morgan fingerprint density at radius 1 is 1.19 bits per heavy atom. The average Bonchev–Trinajstić information content (AvgIpc) is 3.44. The van der Waals surface area contributed by atoms with Crippen molar-refractivity contribution in [1.82, 2.24) is 14.9 Å². The summed E-state index contributed by atoms with van der Waals surface area (Å²) in [5, 5.41) is 16.5. The van der Waals surface area contributed by atoms with E-state index in [1.54, 1.807) is 19.2 Å². The molecule has 2 N–H and O–H groups in total. The van der Waals surface area contributed by atoms with E-state index in [0.717, 1.165) is 45.2 Å². The summed E-state index contributed by atoms with van der Waals surface area (Å²) in [5.41, 5.74) is 0.490. The van der Waals surface area contributed by atoms with Crippen molar-refractivity contribution in [2.75, 3.05) is 50.6 Å². The molecule has 0 radical (unpaired) electrons. The zero-order valence-corrected chi connectivity index (χ0v) is 21.6. The number of nitrogens with zero attached hydrogens (tertiary/aromatic N) is 4. The Morgan fingerprint density at radius 3 is 2.73 bits per heavy atom. The number of aromatic nitrogens is 2. The molecule has 3 fully saturated rings. The molecule has 4 heterocycles. The summed E-state index contributed by atoms with van der Waals surface area (Å²) in [7, 11) is 1.80. The Balaban J connectivity index is 1.20. The van der Waals surface area contributed by atoms with Crippen LogP contribution in [0.1, 0.15) is 44.9 Å². The first-order valence-electron chi connectivity index (χ1n) is 13.5. The van der Waals surface area contributed by atoms with Crippen molar-refractivity contribution in [1.29, 1.82) is 5.26 Å². The van der Waals surface area contributed by atoms with E-state index in [1.807, 2.05) is 12.1 Å². The Morgan fingerprint density at radius 2 is 2.00 bits per heavy atom. The van der Waals surface area contributed by atoms with E-state index in [0.29, 0.717) is 73.7 Å². The van der Waals surface area contributed by atoms with Crippen LogP contribution in [0.3, 0.4) is 0 Å². The smallest absolute Gasteiger partial charge is 0.151 e. The molecule has 0 amide bonds. The number of anilines is 2. The van der Waals surface area contributed by atoms with Gasteiger partial charge in [0.15, 0.2) is 5.82 Å². The summed E-state index contributed by atoms with van der Waals surface area (Å²) in [6, 6.07) is 10.7. The minimum Gasteiger partial charge on any atom is -0.381 e. The fourth-order valence-corrected chi connectivity index (χ4v) is 5.82. The predicted octanol–water partition coefficient (Wildman–Crippen LogP) is 4.46. The molecule has 9 heteroatoms. The summed E-state index contributed by atoms with van der Waals surface area (Å²) in [4.78, 5) is 11.5. The Kier molecular flexibility index (Phi) is 8.18. The molecule has 2 aromatic heterocycles. The number of likely N-dealkylation sites (tertiary alicyclic amines) is 1. The summed E-state index contributed by atoms with van der Waals surface area (Å²) < 4.78 is 25.8. The molecule has 5 rings (SSSR count). The lowest BCUT2D eigenvalue weighted by molar-refractivity contribution is 0.0455. The van der Waals surface area contributed by atoms with E-state index in [4.69, 9.17) is 9.47 Å². The van der Waals surface area contributed by atoms with Crippen LogP contribution in [-0.2, 0) is 9.47 Å². The molecule has 3 aliphatic rings. The van der Waals surface area contributed by atoms with E-state index in [-0.39, 0.29) is 0 Å². The zero-order valence-electron chi connectivity index (χ0n) is 21.6. The molecule has 0 spiro atoms. The van der Waals surface area contributed by atoms with Gasteiger partial charge in [-0.05, 0) is 63.1 Å². The number of nitrogens with one attached hydrogen (secondary N) is 2. The molecule has 2 saturated heterocycles. The standard InChI is InChI=1S/C28H37FN6O2/c1-36-22-9-12-35(17-22)21-7-5-20(6-8-21)33-27-15-23(24(29)16-31-27)25-3-2-4-26(34-25)32-19-28(18-30)10-13-37-14-11-28/h2-4,15-16,20-22H,5-14,17,19H2,1H3,(H,31,33)(H,32,34). The van der Waals surface area contributed by atoms with Gasteiger partial charge in [0.25, 0.3) is 0 Å². The lowest BCUT2D eigenvalue weighted by Crippen LogP contribution is -2.39. The van der Waals surface area contributed by atoms with Gasteiger partial charge < -0.3 is 20.1 Å². The molecule has 198 valence electrons. The van der Waals surface area contributed by atoms with Crippen molar-refractivity contribution < 1.29 is 13.9 Å². The van der Waals surface area contributed by atoms with Gasteiger partial charge in [-0.25, -0.2) is 14.4 Å². The second kappa shape index (κ2) is 11.7. The minimum absolute atomic E-state index is 0.325. The third-order valence-electron chi connectivity index (χ3n) is 8.25. The van der Waals surface area contributed by atoms with E-state index in [2.05, 4.69) is 31.6 Å². The lowest BCUT2D eigenvalue weighted by atomic mass is 9.82. The molecule has 0 bridgehead atoms. The predicted molar refractivity (Wildman–Crippen MR) is 141 cm³/mol. The van der Waals surface area contributed by atoms with Crippen LogP contribution >= 0.6 is 0 Å². The first-order chi connectivity index (χ1) is 18.1. The highest BCUT2D eigenvalue weighted by Gasteiger charge is 2.33. The number of pyridine rings is 2. The number of halogens is 1. The minimum atomic E-state index is -0.464. The van der Waals surface area contributed by atoms with Crippen molar-refractivity contribution >= 4 is 11.6 Å². The third-order valence-corrected chi connectivity index (χ3v) is 8.25. The number of ether oxygens (including phenoxy) is 2. The van der Waals surface area contributed by atoms with Crippen LogP contribution in [0.5, 0.6) is 0 Å². The van der Waals surface area contributed by atoms with Gasteiger partial charge >= 0.3 is 0 Å². The van der Waals surface area contributed by atoms with Crippen LogP contribution in [0.4, 0.5) is 16.0 Å². The zero-order chi connectivity index (χ0) is 25.7. The van der Waals surface area contributed by atoms with Gasteiger partial charge in [0, 0.05) is 57.6 Å². The van der Waals surface area contributed by atoms with Gasteiger partial charge in [0.05, 0.1) is 29.5 Å². The molecule has 1 saturated carbocycles. The van der Waals surface area contributed by atoms with Gasteiger partial charge in [-0.3, -0.25) is 4.90 Å². The maximum Gasteiger partial charge on any atom is 0.151 e. The third kappa shape index (κ3) is 6.20. The van der Waals surface area contributed by atoms with Crippen molar-refractivity contribution in [3.8, 4) is 17.3 Å². The van der Waals surface area contributed by atoms with Crippen molar-refractivity contribution in [3.05, 3.63) is 36.3 Å². The number of rotatable bonds is 8. The molecular weight excluding hydrogens is 471 g/mol. The number of hydrogen-bond donors (Lipinski definition) is 2. The van der Waals surface area contributed by atoms with Gasteiger partial charge in [0.2, 0.25) is 0 Å². The molecule has 1 unspecified atom stereocenters. The summed E-state index contributed by atoms with van der Waals surface area (Å²) >= 11 is 0. The van der Waals surface area contributed by atoms with Crippen LogP contribution < -0.4 is 10.6 Å². The van der Waals surface area contributed by atoms with E-state index in [1.165, 1.54) is 6.20 Å². The lowest BCUT2D eigenvalue weighted by Gasteiger charge is -2.35. The van der Waals surface area contributed by atoms with Crippen molar-refractivity contribution in [3.63, 3.8) is 0 Å². The molecule has 37 heavy (non-hydrogen) atoms. The van der Waals surface area contributed by atoms with Crippen LogP contribution in [0.25, 0.3) is 11.3 Å². The van der Waals surface area contributed by atoms with Crippen LogP contribution in [0.2, 0.25) is 0 Å². The number of hydrogen-bond acceptors (Lipinski definition) is 8. The maximum absolute atomic E-state index is 14.8. The van der Waals surface area contributed by atoms with Gasteiger partial charge in [-0.15, -0.1) is 0 Å². The molecule has 2 aromatic rings. The summed E-state index contributed by atoms with van der Waals surface area (Å²) in [6.45, 7) is 3.83. The van der Waals surface area contributed by atoms with Crippen LogP contribution in [0, 0.1) is 22.6 Å². The molecule has 1 atom stereocenters. The Bertz CT molecular complexity index is 1090. The first kappa shape index (κ1) is 25.8. The number of methoxy groups -OCH3 is 1. The average molecular weight is 509 g/mol. The molecule has 8 nitrogen and oxygen atoms in total. The van der Waals surface area contributed by atoms with Crippen molar-refractivity contribution in [2.24, 2.45) is 5.41 Å². The van der Waals surface area contributed by atoms with E-state index < -0.39 is 11.2 Å². The van der Waals surface area contributed by atoms with Crippen molar-refractivity contribution in [2.45, 2.75) is 63.1 Å². The summed E-state index contributed by atoms with van der Waals surface area (Å²) in [6.07, 6.45) is 8.57. The fraction of sp³-hybridized carbons (Fsp3) is 0.607. The second-order valence-corrected chi connectivity index (χ2v) is 10.6. The van der Waals surface area contributed by atoms with Gasteiger partial charge in [-0.2, -0.15) is 5.26 Å². The highest BCUT2D eigenvalue weighted by atomic mass is 19.1. The maximum atomic E-state index is 14.8. The largest absolute Gasteiger partial charge is 0.381 e. The molecule has 0 aromatic carbocycles. The quantitative estimate of drug-likeness (QED) is 0.540. The molecular formula is C28H37FN6O2. The van der Waals surface area contributed by atoms with Gasteiger partial charge in [0.1, 0.15) is 11.6 Å². The van der Waals surface area contributed by atoms with Crippen LogP contribution in [-0.4, -0.2) is 73.0 Å². The van der Waals surface area contributed by atoms with E-state index >= 15 is 0 Å². The van der Waals surface area contributed by atoms with Gasteiger partial charge in [-0.1, -0.05) is 6.07 Å². The second-order valence-electron chi connectivity index (χ2n) is 10.6. The summed E-state index contributed by atoms with van der Waals surface area (Å²) in [5.74, 6) is 0.894. The topological polar surface area (TPSA) is 95.3 Å². The Labute approximate surface area is 218 Å². The molecule has 2 aliphatic heterocycles. The first-order valence-corrected chi connectivity index (χ1v) is 13.5. The SMILES string of the molecule is COC1CCN(C2CCC(Nc3cc(-c4cccc(NCC5(C#N)CCOCC5)n4)c(F)cn3)CC2)C1. The number of nitriles is 1. The van der Waals surface area contributed by atoms with E-state index in [9.17, 15) is 9.65 Å². The highest BCUT2D eigenvalue weighted by molar-refractivity contribution is 5.65. The highest BCUT2D eigenvalue weighted by Crippen LogP contribution is 2.32. The Hall–Kier alpha value is -2.80.